The second-order valence-electron chi connectivity index (χ2n) is 3.40. The molecule has 0 aliphatic carbocycles. The Morgan fingerprint density at radius 2 is 2.20 bits per heavy atom. The lowest BCUT2D eigenvalue weighted by Crippen LogP contribution is -2.02. The van der Waals surface area contributed by atoms with Crippen molar-refractivity contribution < 1.29 is 9.53 Å². The minimum atomic E-state index is -0.0241. The molecule has 82 valence electrons. The molecular formula is C12H15ClO2. The van der Waals surface area contributed by atoms with Crippen molar-refractivity contribution in [3.8, 4) is 5.75 Å². The molecule has 0 aromatic heterocycles. The molecule has 0 saturated heterocycles. The van der Waals surface area contributed by atoms with Crippen LogP contribution in [0.3, 0.4) is 0 Å². The molecule has 2 nitrogen and oxygen atoms in total. The van der Waals surface area contributed by atoms with E-state index < -0.39 is 0 Å². The number of halogens is 1. The van der Waals surface area contributed by atoms with E-state index in [1.807, 2.05) is 0 Å². The monoisotopic (exact) mass is 226 g/mol. The maximum absolute atomic E-state index is 11.3. The fourth-order valence-corrected chi connectivity index (χ4v) is 1.40. The van der Waals surface area contributed by atoms with Gasteiger partial charge in [0.15, 0.2) is 5.78 Å². The van der Waals surface area contributed by atoms with Crippen LogP contribution in [0.15, 0.2) is 18.2 Å². The number of rotatable bonds is 5. The van der Waals surface area contributed by atoms with Gasteiger partial charge in [-0.15, -0.1) is 0 Å². The van der Waals surface area contributed by atoms with E-state index >= 15 is 0 Å². The van der Waals surface area contributed by atoms with Crippen molar-refractivity contribution in [3.05, 3.63) is 28.8 Å². The summed E-state index contributed by atoms with van der Waals surface area (Å²) in [6.45, 7) is 4.24. The first-order chi connectivity index (χ1) is 7.15. The molecule has 0 aliphatic rings. The summed E-state index contributed by atoms with van der Waals surface area (Å²) in [4.78, 5) is 11.3. The van der Waals surface area contributed by atoms with Crippen LogP contribution in [0.4, 0.5) is 0 Å². The Bertz CT molecular complexity index is 347. The van der Waals surface area contributed by atoms with Gasteiger partial charge in [-0.3, -0.25) is 4.79 Å². The van der Waals surface area contributed by atoms with Gasteiger partial charge in [0, 0.05) is 5.02 Å². The average molecular weight is 227 g/mol. The Kier molecular flexibility index (Phi) is 4.63. The van der Waals surface area contributed by atoms with Crippen molar-refractivity contribution >= 4 is 17.4 Å². The Labute approximate surface area is 95.2 Å². The number of ketones is 1. The summed E-state index contributed by atoms with van der Waals surface area (Å²) in [6.07, 6.45) is 2.06. The molecule has 0 radical (unpaired) electrons. The largest absolute Gasteiger partial charge is 0.493 e. The van der Waals surface area contributed by atoms with Crippen LogP contribution in [0.2, 0.25) is 5.02 Å². The van der Waals surface area contributed by atoms with Crippen LogP contribution >= 0.6 is 11.6 Å². The summed E-state index contributed by atoms with van der Waals surface area (Å²) in [6, 6.07) is 5.12. The van der Waals surface area contributed by atoms with Gasteiger partial charge in [-0.1, -0.05) is 24.9 Å². The molecule has 0 aliphatic heterocycles. The number of ether oxygens (including phenoxy) is 1. The van der Waals surface area contributed by atoms with Gasteiger partial charge in [0.1, 0.15) is 5.75 Å². The topological polar surface area (TPSA) is 26.3 Å². The number of carbonyl (C=O) groups is 1. The van der Waals surface area contributed by atoms with E-state index in [-0.39, 0.29) is 5.78 Å². The van der Waals surface area contributed by atoms with E-state index in [0.29, 0.717) is 22.9 Å². The molecule has 0 heterocycles. The Morgan fingerprint density at radius 3 is 2.80 bits per heavy atom. The highest BCUT2D eigenvalue weighted by Crippen LogP contribution is 2.23. The third-order valence-electron chi connectivity index (χ3n) is 2.08. The maximum Gasteiger partial charge on any atom is 0.163 e. The Hall–Kier alpha value is -1.02. The van der Waals surface area contributed by atoms with Gasteiger partial charge in [0.2, 0.25) is 0 Å². The molecule has 15 heavy (non-hydrogen) atoms. The van der Waals surface area contributed by atoms with Crippen molar-refractivity contribution in [3.63, 3.8) is 0 Å². The molecule has 0 fully saturated rings. The summed E-state index contributed by atoms with van der Waals surface area (Å²) < 4.78 is 5.51. The molecular weight excluding hydrogens is 212 g/mol. The first kappa shape index (κ1) is 12.1. The van der Waals surface area contributed by atoms with Gasteiger partial charge in [-0.05, 0) is 31.5 Å². The Balaban J connectivity index is 2.81. The fourth-order valence-electron chi connectivity index (χ4n) is 1.23. The smallest absolute Gasteiger partial charge is 0.163 e. The first-order valence-corrected chi connectivity index (χ1v) is 5.46. The van der Waals surface area contributed by atoms with Crippen molar-refractivity contribution in [2.24, 2.45) is 0 Å². The number of benzene rings is 1. The molecule has 0 amide bonds. The van der Waals surface area contributed by atoms with Crippen LogP contribution in [0.1, 0.15) is 37.0 Å². The Morgan fingerprint density at radius 1 is 1.47 bits per heavy atom. The number of hydrogen-bond donors (Lipinski definition) is 0. The van der Waals surface area contributed by atoms with Crippen LogP contribution in [-0.4, -0.2) is 12.4 Å². The summed E-state index contributed by atoms with van der Waals surface area (Å²) in [7, 11) is 0. The highest BCUT2D eigenvalue weighted by Gasteiger charge is 2.08. The van der Waals surface area contributed by atoms with E-state index in [1.54, 1.807) is 18.2 Å². The maximum atomic E-state index is 11.3. The number of hydrogen-bond acceptors (Lipinski definition) is 2. The van der Waals surface area contributed by atoms with E-state index in [9.17, 15) is 4.79 Å². The lowest BCUT2D eigenvalue weighted by molar-refractivity contribution is 0.101. The van der Waals surface area contributed by atoms with Crippen LogP contribution in [-0.2, 0) is 0 Å². The van der Waals surface area contributed by atoms with Crippen molar-refractivity contribution in [2.45, 2.75) is 26.7 Å². The SMILES string of the molecule is CCCCOc1ccc(Cl)cc1C(C)=O. The summed E-state index contributed by atoms with van der Waals surface area (Å²) in [5, 5.41) is 0.558. The van der Waals surface area contributed by atoms with E-state index in [2.05, 4.69) is 6.92 Å². The minimum absolute atomic E-state index is 0.0241. The molecule has 0 N–H and O–H groups in total. The molecule has 0 atom stereocenters. The van der Waals surface area contributed by atoms with Gasteiger partial charge in [-0.25, -0.2) is 0 Å². The summed E-state index contributed by atoms with van der Waals surface area (Å²) in [5.41, 5.74) is 0.554. The van der Waals surface area contributed by atoms with Crippen LogP contribution in [0, 0.1) is 0 Å². The van der Waals surface area contributed by atoms with Gasteiger partial charge >= 0.3 is 0 Å². The molecule has 1 aromatic carbocycles. The lowest BCUT2D eigenvalue weighted by Gasteiger charge is -2.09. The third kappa shape index (κ3) is 3.56. The highest BCUT2D eigenvalue weighted by molar-refractivity contribution is 6.31. The summed E-state index contributed by atoms with van der Waals surface area (Å²) in [5.74, 6) is 0.601. The second kappa shape index (κ2) is 5.76. The standard InChI is InChI=1S/C12H15ClO2/c1-3-4-7-15-12-6-5-10(13)8-11(12)9(2)14/h5-6,8H,3-4,7H2,1-2H3. The van der Waals surface area contributed by atoms with E-state index in [0.717, 1.165) is 12.8 Å². The first-order valence-electron chi connectivity index (χ1n) is 5.08. The van der Waals surface area contributed by atoms with Crippen molar-refractivity contribution in [1.82, 2.24) is 0 Å². The lowest BCUT2D eigenvalue weighted by atomic mass is 10.1. The van der Waals surface area contributed by atoms with Gasteiger partial charge in [0.25, 0.3) is 0 Å². The van der Waals surface area contributed by atoms with Crippen LogP contribution in [0.5, 0.6) is 5.75 Å². The zero-order chi connectivity index (χ0) is 11.3. The van der Waals surface area contributed by atoms with Crippen LogP contribution < -0.4 is 4.74 Å². The molecule has 3 heteroatoms. The van der Waals surface area contributed by atoms with Gasteiger partial charge in [0.05, 0.1) is 12.2 Å². The molecule has 0 spiro atoms. The fraction of sp³-hybridized carbons (Fsp3) is 0.417. The molecule has 0 bridgehead atoms. The predicted octanol–water partition coefficient (Wildman–Crippen LogP) is 3.72. The third-order valence-corrected chi connectivity index (χ3v) is 2.31. The van der Waals surface area contributed by atoms with Gasteiger partial charge in [-0.2, -0.15) is 0 Å². The number of Topliss-reactive ketones (excluding diaryl/α,β-unsaturated/α-hetero) is 1. The van der Waals surface area contributed by atoms with Crippen molar-refractivity contribution in [1.29, 1.82) is 0 Å². The molecule has 1 aromatic rings. The number of carbonyl (C=O) groups excluding carboxylic acids is 1. The second-order valence-corrected chi connectivity index (χ2v) is 3.84. The zero-order valence-corrected chi connectivity index (χ0v) is 9.80. The van der Waals surface area contributed by atoms with Crippen molar-refractivity contribution in [2.75, 3.05) is 6.61 Å². The minimum Gasteiger partial charge on any atom is -0.493 e. The quantitative estimate of drug-likeness (QED) is 0.565. The normalized spacial score (nSPS) is 10.1. The van der Waals surface area contributed by atoms with E-state index in [4.69, 9.17) is 16.3 Å². The molecule has 0 unspecified atom stereocenters. The summed E-state index contributed by atoms with van der Waals surface area (Å²) >= 11 is 5.81. The zero-order valence-electron chi connectivity index (χ0n) is 9.05. The number of unbranched alkanes of at least 4 members (excludes halogenated alkanes) is 1. The van der Waals surface area contributed by atoms with Gasteiger partial charge < -0.3 is 4.74 Å². The highest BCUT2D eigenvalue weighted by atomic mass is 35.5. The predicted molar refractivity (Wildman–Crippen MR) is 61.9 cm³/mol. The molecule has 0 saturated carbocycles. The average Bonchev–Trinajstić information content (AvgIpc) is 2.20. The molecule has 1 rings (SSSR count). The van der Waals surface area contributed by atoms with E-state index in [1.165, 1.54) is 6.92 Å². The van der Waals surface area contributed by atoms with Crippen LogP contribution in [0.25, 0.3) is 0 Å².